The monoisotopic (exact) mass is 273 g/mol. The second-order valence-electron chi connectivity index (χ2n) is 5.28. The number of aromatic nitrogens is 1. The van der Waals surface area contributed by atoms with Crippen LogP contribution < -0.4 is 0 Å². The number of alkyl halides is 3. The number of rotatable bonds is 1. The summed E-state index contributed by atoms with van der Waals surface area (Å²) < 4.78 is 14.5. The van der Waals surface area contributed by atoms with E-state index in [1.165, 1.54) is 0 Å². The molecule has 0 amide bonds. The quantitative estimate of drug-likeness (QED) is 0.798. The Hall–Kier alpha value is -0.380. The first-order valence-corrected chi connectivity index (χ1v) is 6.38. The van der Waals surface area contributed by atoms with Crippen molar-refractivity contribution < 1.29 is 9.50 Å². The van der Waals surface area contributed by atoms with E-state index < -0.39 is 21.3 Å². The topological polar surface area (TPSA) is 33.1 Å². The van der Waals surface area contributed by atoms with Crippen LogP contribution in [0.15, 0.2) is 18.3 Å². The maximum absolute atomic E-state index is 14.5. The fourth-order valence-electron chi connectivity index (χ4n) is 4.15. The van der Waals surface area contributed by atoms with Gasteiger partial charge < -0.3 is 5.11 Å². The van der Waals surface area contributed by atoms with Crippen molar-refractivity contribution in [2.24, 2.45) is 5.41 Å². The van der Waals surface area contributed by atoms with E-state index in [0.717, 1.165) is 11.3 Å². The molecule has 3 aliphatic rings. The highest BCUT2D eigenvalue weighted by Gasteiger charge is 2.95. The number of fused-ring (bicyclic) bond motifs is 3. The van der Waals surface area contributed by atoms with Gasteiger partial charge in [0.15, 0.2) is 0 Å². The largest absolute Gasteiger partial charge is 0.395 e. The predicted molar refractivity (Wildman–Crippen MR) is 62.1 cm³/mol. The van der Waals surface area contributed by atoms with Crippen molar-refractivity contribution in [3.05, 3.63) is 29.6 Å². The smallest absolute Gasteiger partial charge is 0.201 e. The molecule has 2 saturated carbocycles. The van der Waals surface area contributed by atoms with Crippen LogP contribution in [0.1, 0.15) is 29.5 Å². The van der Waals surface area contributed by atoms with Gasteiger partial charge in [-0.2, -0.15) is 0 Å². The van der Waals surface area contributed by atoms with Crippen molar-refractivity contribution in [1.82, 2.24) is 4.98 Å². The normalized spacial score (nSPS) is 53.4. The Bertz CT molecular complexity index is 537. The van der Waals surface area contributed by atoms with Gasteiger partial charge in [-0.25, -0.2) is 4.39 Å². The maximum atomic E-state index is 14.5. The third-order valence-corrected chi connectivity index (χ3v) is 5.99. The number of halogens is 3. The zero-order chi connectivity index (χ0) is 12.1. The molecule has 0 saturated heterocycles. The van der Waals surface area contributed by atoms with Gasteiger partial charge in [0, 0.05) is 12.1 Å². The Labute approximate surface area is 108 Å². The summed E-state index contributed by atoms with van der Waals surface area (Å²) in [5, 5.41) is 7.57. The van der Waals surface area contributed by atoms with E-state index in [2.05, 4.69) is 4.98 Å². The molecular weight excluding hydrogens is 264 g/mol. The van der Waals surface area contributed by atoms with Gasteiger partial charge in [-0.15, -0.1) is 11.6 Å². The molecule has 0 unspecified atom stereocenters. The van der Waals surface area contributed by atoms with Crippen LogP contribution in [0.2, 0.25) is 0 Å². The number of nitrogens with zero attached hydrogens (tertiary/aromatic N) is 1. The molecule has 0 bridgehead atoms. The highest BCUT2D eigenvalue weighted by atomic mass is 35.5. The molecule has 2 nitrogen and oxygen atoms in total. The zero-order valence-electron chi connectivity index (χ0n) is 8.83. The summed E-state index contributed by atoms with van der Waals surface area (Å²) in [6.45, 7) is -0.242. The van der Waals surface area contributed by atoms with Crippen molar-refractivity contribution in [3.63, 3.8) is 0 Å². The van der Waals surface area contributed by atoms with Gasteiger partial charge in [-0.3, -0.25) is 4.98 Å². The molecule has 5 heteroatoms. The molecule has 0 aromatic carbocycles. The minimum atomic E-state index is -1.85. The summed E-state index contributed by atoms with van der Waals surface area (Å²) in [7, 11) is 0. The van der Waals surface area contributed by atoms with Crippen LogP contribution in [0.25, 0.3) is 0 Å². The lowest BCUT2D eigenvalue weighted by molar-refractivity contribution is 0.0451. The molecule has 1 N–H and O–H groups in total. The van der Waals surface area contributed by atoms with Gasteiger partial charge in [-0.1, -0.05) is 17.7 Å². The molecule has 0 radical (unpaired) electrons. The van der Waals surface area contributed by atoms with E-state index in [4.69, 9.17) is 23.2 Å². The number of aliphatic hydroxyl groups excluding tert-OH is 1. The second kappa shape index (κ2) is 2.63. The molecule has 5 atom stereocenters. The Morgan fingerprint density at radius 3 is 3.00 bits per heavy atom. The number of hydrogen-bond donors (Lipinski definition) is 1. The third-order valence-electron chi connectivity index (χ3n) is 4.88. The van der Waals surface area contributed by atoms with Gasteiger partial charge in [-0.05, 0) is 18.1 Å². The van der Waals surface area contributed by atoms with Crippen molar-refractivity contribution >= 4 is 23.2 Å². The molecule has 3 aliphatic carbocycles. The van der Waals surface area contributed by atoms with Gasteiger partial charge in [0.25, 0.3) is 0 Å². The van der Waals surface area contributed by atoms with Gasteiger partial charge in [0.1, 0.15) is 0 Å². The second-order valence-corrected chi connectivity index (χ2v) is 6.56. The molecular formula is C12H10Cl2FNO. The Balaban J connectivity index is 1.93. The first kappa shape index (κ1) is 10.5. The van der Waals surface area contributed by atoms with Crippen molar-refractivity contribution in [2.45, 2.75) is 28.3 Å². The van der Waals surface area contributed by atoms with Crippen LogP contribution >= 0.6 is 23.2 Å². The third kappa shape index (κ3) is 0.789. The molecule has 2 fully saturated rings. The first-order chi connectivity index (χ1) is 8.00. The summed E-state index contributed by atoms with van der Waals surface area (Å²) >= 11 is 12.3. The van der Waals surface area contributed by atoms with Crippen LogP contribution in [-0.4, -0.2) is 26.7 Å². The van der Waals surface area contributed by atoms with Gasteiger partial charge >= 0.3 is 0 Å². The molecule has 90 valence electrons. The van der Waals surface area contributed by atoms with E-state index in [9.17, 15) is 9.50 Å². The van der Waals surface area contributed by atoms with E-state index in [1.807, 2.05) is 12.1 Å². The Morgan fingerprint density at radius 2 is 2.29 bits per heavy atom. The Morgan fingerprint density at radius 1 is 1.53 bits per heavy atom. The predicted octanol–water partition coefficient (Wildman–Crippen LogP) is 2.54. The average Bonchev–Trinajstić information content (AvgIpc) is 2.73. The van der Waals surface area contributed by atoms with Crippen molar-refractivity contribution in [3.8, 4) is 0 Å². The first-order valence-electron chi connectivity index (χ1n) is 5.63. The highest BCUT2D eigenvalue weighted by Crippen LogP contribution is 2.92. The van der Waals surface area contributed by atoms with Crippen LogP contribution in [0.4, 0.5) is 4.39 Å². The molecule has 4 rings (SSSR count). The van der Waals surface area contributed by atoms with Crippen LogP contribution in [-0.2, 0) is 0 Å². The van der Waals surface area contributed by atoms with Crippen molar-refractivity contribution in [2.75, 3.05) is 6.61 Å². The summed E-state index contributed by atoms with van der Waals surface area (Å²) in [4.78, 5) is 3.32. The van der Waals surface area contributed by atoms with Gasteiger partial charge in [0.2, 0.25) is 5.13 Å². The molecule has 1 heterocycles. The molecule has 1 aromatic heterocycles. The molecule has 17 heavy (non-hydrogen) atoms. The lowest BCUT2D eigenvalue weighted by Crippen LogP contribution is -2.55. The van der Waals surface area contributed by atoms with Crippen LogP contribution in [0, 0.1) is 5.41 Å². The fourth-order valence-corrected chi connectivity index (χ4v) is 5.38. The standard InChI is InChI=1S/C12H10Cl2FNO/c13-10(5-17)4-7-6-2-1-3-16-8(6)9-11(7,10)12(9,14)15/h1-3,7,9,17H,4-5H2/t7-,9-,10+,11+,12+/m1/s1. The van der Waals surface area contributed by atoms with Crippen molar-refractivity contribution in [1.29, 1.82) is 0 Å². The summed E-state index contributed by atoms with van der Waals surface area (Å²) in [5.74, 6) is -0.459. The van der Waals surface area contributed by atoms with Crippen LogP contribution in [0.3, 0.4) is 0 Å². The van der Waals surface area contributed by atoms with E-state index >= 15 is 0 Å². The number of pyridine rings is 1. The zero-order valence-corrected chi connectivity index (χ0v) is 10.3. The lowest BCUT2D eigenvalue weighted by atomic mass is 9.60. The molecule has 1 spiro atoms. The summed E-state index contributed by atoms with van der Waals surface area (Å²) in [5.41, 5.74) is 0.941. The van der Waals surface area contributed by atoms with Gasteiger partial charge in [0.05, 0.1) is 28.5 Å². The minimum absolute atomic E-state index is 0.00310. The summed E-state index contributed by atoms with van der Waals surface area (Å²) in [6.07, 6.45) is 2.22. The lowest BCUT2D eigenvalue weighted by Gasteiger charge is -2.50. The summed E-state index contributed by atoms with van der Waals surface area (Å²) in [6, 6.07) is 3.81. The van der Waals surface area contributed by atoms with Crippen LogP contribution in [0.5, 0.6) is 0 Å². The molecule has 1 aromatic rings. The van der Waals surface area contributed by atoms with E-state index in [-0.39, 0.29) is 12.5 Å². The highest BCUT2D eigenvalue weighted by molar-refractivity contribution is 6.32. The number of hydrogen-bond acceptors (Lipinski definition) is 2. The fraction of sp³-hybridized carbons (Fsp3) is 0.583. The molecule has 0 aliphatic heterocycles. The maximum Gasteiger partial charge on any atom is 0.201 e. The number of aliphatic hydroxyl groups is 1. The average molecular weight is 274 g/mol. The van der Waals surface area contributed by atoms with E-state index in [0.29, 0.717) is 6.42 Å². The SMILES string of the molecule is OC[C@@]1(Cl)C[C@@H]2c3cccnc3[C@@H]3[C@@]21[C@]3(F)Cl. The minimum Gasteiger partial charge on any atom is -0.395 e. The van der Waals surface area contributed by atoms with E-state index in [1.54, 1.807) is 6.20 Å². The Kier molecular flexibility index (Phi) is 1.63.